The molecule has 4 unspecified atom stereocenters. The van der Waals surface area contributed by atoms with Crippen molar-refractivity contribution in [2.75, 3.05) is 33.5 Å². The Morgan fingerprint density at radius 3 is 2.73 bits per heavy atom. The van der Waals surface area contributed by atoms with Crippen molar-refractivity contribution in [1.29, 1.82) is 0 Å². The molecule has 1 saturated carbocycles. The SMILES string of the molecule is COc1ccc(C2=COC3C(CCC4OCN(CCCOC(C)C)CC43)C2=O)cc1. The zero-order chi connectivity index (χ0) is 21.1. The van der Waals surface area contributed by atoms with E-state index in [4.69, 9.17) is 18.9 Å². The summed E-state index contributed by atoms with van der Waals surface area (Å²) in [6.45, 7) is 7.38. The summed E-state index contributed by atoms with van der Waals surface area (Å²) < 4.78 is 23.2. The summed E-state index contributed by atoms with van der Waals surface area (Å²) in [4.78, 5) is 15.6. The van der Waals surface area contributed by atoms with Crippen LogP contribution < -0.4 is 4.74 Å². The number of ether oxygens (including phenoxy) is 4. The summed E-state index contributed by atoms with van der Waals surface area (Å²) in [6, 6.07) is 7.59. The van der Waals surface area contributed by atoms with Crippen molar-refractivity contribution in [3.8, 4) is 5.75 Å². The summed E-state index contributed by atoms with van der Waals surface area (Å²) in [5.74, 6) is 1.10. The Labute approximate surface area is 179 Å². The number of hydrogen-bond donors (Lipinski definition) is 0. The fourth-order valence-corrected chi connectivity index (χ4v) is 4.84. The third kappa shape index (κ3) is 4.56. The van der Waals surface area contributed by atoms with Crippen LogP contribution in [0.1, 0.15) is 38.7 Å². The van der Waals surface area contributed by atoms with Gasteiger partial charge >= 0.3 is 0 Å². The molecule has 0 bridgehead atoms. The van der Waals surface area contributed by atoms with Gasteiger partial charge in [0, 0.05) is 25.6 Å². The van der Waals surface area contributed by atoms with Gasteiger partial charge in [-0.1, -0.05) is 12.1 Å². The molecule has 4 atom stereocenters. The second kappa shape index (κ2) is 9.50. The van der Waals surface area contributed by atoms with Gasteiger partial charge in [-0.05, 0) is 50.8 Å². The molecule has 2 fully saturated rings. The number of ketones is 1. The first-order chi connectivity index (χ1) is 14.6. The van der Waals surface area contributed by atoms with Crippen molar-refractivity contribution in [2.24, 2.45) is 11.8 Å². The monoisotopic (exact) mass is 415 g/mol. The zero-order valence-corrected chi connectivity index (χ0v) is 18.2. The third-order valence-corrected chi connectivity index (χ3v) is 6.41. The van der Waals surface area contributed by atoms with E-state index in [2.05, 4.69) is 18.7 Å². The summed E-state index contributed by atoms with van der Waals surface area (Å²) in [5, 5.41) is 0. The van der Waals surface area contributed by atoms with Gasteiger partial charge in [0.15, 0.2) is 5.78 Å². The summed E-state index contributed by atoms with van der Waals surface area (Å²) in [5.41, 5.74) is 1.55. The molecule has 0 amide bonds. The van der Waals surface area contributed by atoms with E-state index in [1.54, 1.807) is 13.4 Å². The molecule has 2 aliphatic heterocycles. The minimum atomic E-state index is -0.104. The predicted octanol–water partition coefficient (Wildman–Crippen LogP) is 3.50. The van der Waals surface area contributed by atoms with Crippen LogP contribution in [0, 0.1) is 11.8 Å². The number of carbonyl (C=O) groups excluding carboxylic acids is 1. The van der Waals surface area contributed by atoms with Gasteiger partial charge in [0.25, 0.3) is 0 Å². The van der Waals surface area contributed by atoms with E-state index >= 15 is 0 Å². The summed E-state index contributed by atoms with van der Waals surface area (Å²) in [7, 11) is 1.64. The molecular formula is C24H33NO5. The number of hydrogen-bond acceptors (Lipinski definition) is 6. The van der Waals surface area contributed by atoms with Crippen LogP contribution in [-0.2, 0) is 19.0 Å². The van der Waals surface area contributed by atoms with Gasteiger partial charge in [-0.2, -0.15) is 0 Å². The van der Waals surface area contributed by atoms with E-state index in [-0.39, 0.29) is 35.9 Å². The lowest BCUT2D eigenvalue weighted by molar-refractivity contribution is -0.170. The number of nitrogens with zero attached hydrogens (tertiary/aromatic N) is 1. The summed E-state index contributed by atoms with van der Waals surface area (Å²) in [6.07, 6.45) is 4.73. The topological polar surface area (TPSA) is 57.2 Å². The molecule has 2 heterocycles. The number of rotatable bonds is 7. The Hall–Kier alpha value is -1.89. The molecule has 0 N–H and O–H groups in total. The van der Waals surface area contributed by atoms with Crippen LogP contribution in [0.3, 0.4) is 0 Å². The van der Waals surface area contributed by atoms with Crippen LogP contribution in [0.25, 0.3) is 5.57 Å². The van der Waals surface area contributed by atoms with E-state index in [9.17, 15) is 4.79 Å². The Balaban J connectivity index is 1.41. The van der Waals surface area contributed by atoms with Gasteiger partial charge in [0.05, 0.1) is 43.8 Å². The molecule has 0 spiro atoms. The van der Waals surface area contributed by atoms with Crippen molar-refractivity contribution in [1.82, 2.24) is 4.90 Å². The van der Waals surface area contributed by atoms with E-state index < -0.39 is 0 Å². The molecule has 30 heavy (non-hydrogen) atoms. The number of allylic oxidation sites excluding steroid dienone is 1. The molecule has 1 saturated heterocycles. The van der Waals surface area contributed by atoms with Gasteiger partial charge in [0.1, 0.15) is 11.9 Å². The first kappa shape index (κ1) is 21.3. The van der Waals surface area contributed by atoms with E-state index in [0.29, 0.717) is 12.3 Å². The lowest BCUT2D eigenvalue weighted by Gasteiger charge is -2.48. The minimum Gasteiger partial charge on any atom is -0.497 e. The second-order valence-corrected chi connectivity index (χ2v) is 8.76. The van der Waals surface area contributed by atoms with Crippen LogP contribution in [0.4, 0.5) is 0 Å². The van der Waals surface area contributed by atoms with Gasteiger partial charge in [-0.25, -0.2) is 0 Å². The van der Waals surface area contributed by atoms with Gasteiger partial charge in [-0.3, -0.25) is 9.69 Å². The smallest absolute Gasteiger partial charge is 0.173 e. The Morgan fingerprint density at radius 2 is 2.00 bits per heavy atom. The highest BCUT2D eigenvalue weighted by Gasteiger charge is 2.48. The first-order valence-corrected chi connectivity index (χ1v) is 11.1. The highest BCUT2D eigenvalue weighted by atomic mass is 16.5. The Kier molecular flexibility index (Phi) is 6.76. The molecule has 1 aliphatic carbocycles. The number of carbonyl (C=O) groups is 1. The van der Waals surface area contributed by atoms with Crippen LogP contribution in [-0.4, -0.2) is 62.5 Å². The Bertz CT molecular complexity index is 759. The van der Waals surface area contributed by atoms with Crippen molar-refractivity contribution >= 4 is 11.4 Å². The molecule has 6 heteroatoms. The number of Topliss-reactive ketones (excluding diaryl/α,β-unsaturated/α-hetero) is 1. The molecule has 1 aromatic carbocycles. The largest absolute Gasteiger partial charge is 0.497 e. The fourth-order valence-electron chi connectivity index (χ4n) is 4.84. The van der Waals surface area contributed by atoms with Crippen LogP contribution >= 0.6 is 0 Å². The highest BCUT2D eigenvalue weighted by Crippen LogP contribution is 2.42. The minimum absolute atomic E-state index is 0.0961. The average molecular weight is 416 g/mol. The van der Waals surface area contributed by atoms with Crippen LogP contribution in [0.15, 0.2) is 30.5 Å². The standard InChI is InChI=1S/C24H33NO5/c1-16(2)28-12-4-11-25-13-20-22(30-15-25)10-9-19-23(26)21(14-29-24(19)20)17-5-7-18(27-3)8-6-17/h5-8,14,16,19-20,22,24H,4,9-13,15H2,1-3H3. The third-order valence-electron chi connectivity index (χ3n) is 6.41. The summed E-state index contributed by atoms with van der Waals surface area (Å²) >= 11 is 0. The molecule has 4 rings (SSSR count). The Morgan fingerprint density at radius 1 is 1.20 bits per heavy atom. The normalized spacial score (nSPS) is 29.1. The van der Waals surface area contributed by atoms with Crippen molar-refractivity contribution in [3.05, 3.63) is 36.1 Å². The van der Waals surface area contributed by atoms with Crippen LogP contribution in [0.2, 0.25) is 0 Å². The second-order valence-electron chi connectivity index (χ2n) is 8.76. The van der Waals surface area contributed by atoms with E-state index in [1.807, 2.05) is 24.3 Å². The van der Waals surface area contributed by atoms with E-state index in [0.717, 1.165) is 50.3 Å². The fraction of sp³-hybridized carbons (Fsp3) is 0.625. The van der Waals surface area contributed by atoms with Crippen molar-refractivity contribution in [3.63, 3.8) is 0 Å². The van der Waals surface area contributed by atoms with Crippen molar-refractivity contribution in [2.45, 2.75) is 51.4 Å². The predicted molar refractivity (Wildman–Crippen MR) is 114 cm³/mol. The molecule has 164 valence electrons. The maximum atomic E-state index is 13.3. The van der Waals surface area contributed by atoms with Gasteiger partial charge in [-0.15, -0.1) is 0 Å². The molecule has 0 aromatic heterocycles. The quantitative estimate of drug-likeness (QED) is 0.636. The van der Waals surface area contributed by atoms with Gasteiger partial charge < -0.3 is 18.9 Å². The average Bonchev–Trinajstić information content (AvgIpc) is 2.77. The maximum absolute atomic E-state index is 13.3. The lowest BCUT2D eigenvalue weighted by atomic mass is 9.71. The molecule has 0 radical (unpaired) electrons. The molecule has 3 aliphatic rings. The van der Waals surface area contributed by atoms with Crippen molar-refractivity contribution < 1.29 is 23.7 Å². The lowest BCUT2D eigenvalue weighted by Crippen LogP contribution is -2.56. The molecule has 1 aromatic rings. The number of methoxy groups -OCH3 is 1. The number of fused-ring (bicyclic) bond motifs is 3. The van der Waals surface area contributed by atoms with Gasteiger partial charge in [0.2, 0.25) is 0 Å². The maximum Gasteiger partial charge on any atom is 0.173 e. The zero-order valence-electron chi connectivity index (χ0n) is 18.2. The van der Waals surface area contributed by atoms with E-state index in [1.165, 1.54) is 0 Å². The highest BCUT2D eigenvalue weighted by molar-refractivity contribution is 6.22. The molecular weight excluding hydrogens is 382 g/mol. The first-order valence-electron chi connectivity index (χ1n) is 11.1. The molecule has 6 nitrogen and oxygen atoms in total. The number of benzene rings is 1. The van der Waals surface area contributed by atoms with Crippen LogP contribution in [0.5, 0.6) is 5.75 Å².